The van der Waals surface area contributed by atoms with E-state index in [-0.39, 0.29) is 5.95 Å². The fourth-order valence-electron chi connectivity index (χ4n) is 2.89. The Kier molecular flexibility index (Phi) is 4.35. The first-order valence-corrected chi connectivity index (χ1v) is 7.33. The lowest BCUT2D eigenvalue weighted by Crippen LogP contribution is -2.27. The van der Waals surface area contributed by atoms with Crippen LogP contribution in [-0.2, 0) is 0 Å². The van der Waals surface area contributed by atoms with Crippen LogP contribution >= 0.6 is 0 Å². The van der Waals surface area contributed by atoms with Gasteiger partial charge in [-0.15, -0.1) is 0 Å². The quantitative estimate of drug-likeness (QED) is 0.901. The fraction of sp³-hybridized carbons (Fsp3) is 0.733. The normalized spacial score (nSPS) is 20.6. The lowest BCUT2D eigenvalue weighted by molar-refractivity contribution is 0.220. The molecule has 1 atom stereocenters. The summed E-state index contributed by atoms with van der Waals surface area (Å²) in [6.45, 7) is 9.03. The molecule has 2 N–H and O–H groups in total. The van der Waals surface area contributed by atoms with Crippen molar-refractivity contribution in [3.63, 3.8) is 0 Å². The van der Waals surface area contributed by atoms with Crippen molar-refractivity contribution in [2.75, 3.05) is 30.8 Å². The van der Waals surface area contributed by atoms with Crippen LogP contribution in [0.25, 0.3) is 0 Å². The van der Waals surface area contributed by atoms with Gasteiger partial charge in [-0.05, 0) is 30.6 Å². The first-order valence-electron chi connectivity index (χ1n) is 7.33. The van der Waals surface area contributed by atoms with Gasteiger partial charge in [-0.1, -0.05) is 20.8 Å². The number of rotatable bonds is 2. The Morgan fingerprint density at radius 3 is 2.65 bits per heavy atom. The van der Waals surface area contributed by atoms with Crippen LogP contribution in [0.1, 0.15) is 40.0 Å². The van der Waals surface area contributed by atoms with Gasteiger partial charge in [-0.25, -0.2) is 0 Å². The van der Waals surface area contributed by atoms with E-state index in [9.17, 15) is 0 Å². The molecule has 0 aliphatic carbocycles. The fourth-order valence-corrected chi connectivity index (χ4v) is 2.89. The molecule has 1 aliphatic heterocycles. The molecule has 1 saturated heterocycles. The summed E-state index contributed by atoms with van der Waals surface area (Å²) in [5, 5.41) is 0. The molecule has 0 amide bonds. The van der Waals surface area contributed by atoms with Crippen molar-refractivity contribution in [3.05, 3.63) is 6.07 Å². The number of hydrogen-bond acceptors (Lipinski definition) is 5. The van der Waals surface area contributed by atoms with Crippen LogP contribution in [0, 0.1) is 11.3 Å². The highest BCUT2D eigenvalue weighted by atomic mass is 16.5. The van der Waals surface area contributed by atoms with Crippen molar-refractivity contribution < 1.29 is 4.74 Å². The molecule has 1 unspecified atom stereocenters. The van der Waals surface area contributed by atoms with Gasteiger partial charge in [0, 0.05) is 19.2 Å². The molecular formula is C15H26N4O. The van der Waals surface area contributed by atoms with Crippen LogP contribution in [0.4, 0.5) is 11.8 Å². The average Bonchev–Trinajstić information content (AvgIpc) is 2.63. The molecule has 1 aromatic heterocycles. The van der Waals surface area contributed by atoms with Gasteiger partial charge in [0.15, 0.2) is 0 Å². The van der Waals surface area contributed by atoms with Gasteiger partial charge in [0.05, 0.1) is 7.11 Å². The first-order chi connectivity index (χ1) is 9.40. The number of anilines is 2. The Labute approximate surface area is 121 Å². The molecule has 0 aromatic carbocycles. The Balaban J connectivity index is 2.12. The zero-order chi connectivity index (χ0) is 14.8. The van der Waals surface area contributed by atoms with Gasteiger partial charge in [0.1, 0.15) is 5.82 Å². The Hall–Kier alpha value is -1.52. The highest BCUT2D eigenvalue weighted by Gasteiger charge is 2.27. The molecule has 1 aromatic rings. The number of aromatic nitrogens is 2. The molecule has 1 aliphatic rings. The molecule has 1 fully saturated rings. The van der Waals surface area contributed by atoms with E-state index in [1.54, 1.807) is 7.11 Å². The van der Waals surface area contributed by atoms with Gasteiger partial charge in [0.25, 0.3) is 0 Å². The second kappa shape index (κ2) is 5.85. The summed E-state index contributed by atoms with van der Waals surface area (Å²) < 4.78 is 5.18. The summed E-state index contributed by atoms with van der Waals surface area (Å²) in [6, 6.07) is 1.87. The minimum atomic E-state index is 0.274. The van der Waals surface area contributed by atoms with Crippen molar-refractivity contribution >= 4 is 11.8 Å². The maximum Gasteiger partial charge on any atom is 0.225 e. The van der Waals surface area contributed by atoms with Gasteiger partial charge in [-0.3, -0.25) is 0 Å². The molecule has 112 valence electrons. The smallest absolute Gasteiger partial charge is 0.225 e. The van der Waals surface area contributed by atoms with E-state index < -0.39 is 0 Å². The Morgan fingerprint density at radius 2 is 2.00 bits per heavy atom. The molecule has 0 radical (unpaired) electrons. The van der Waals surface area contributed by atoms with Gasteiger partial charge in [0.2, 0.25) is 11.8 Å². The standard InChI is InChI=1S/C15H26N4O/c1-15(2,3)11-6-5-8-19(9-7-11)12-10-13(20-4)18-14(16)17-12/h10-11H,5-9H2,1-4H3,(H2,16,17,18). The van der Waals surface area contributed by atoms with Crippen LogP contribution < -0.4 is 15.4 Å². The third-order valence-electron chi connectivity index (χ3n) is 4.19. The predicted molar refractivity (Wildman–Crippen MR) is 82.0 cm³/mol. The number of nitrogen functional groups attached to an aromatic ring is 1. The summed E-state index contributed by atoms with van der Waals surface area (Å²) >= 11 is 0. The van der Waals surface area contributed by atoms with Crippen LogP contribution in [-0.4, -0.2) is 30.2 Å². The zero-order valence-electron chi connectivity index (χ0n) is 13.0. The molecule has 5 heteroatoms. The number of ether oxygens (including phenoxy) is 1. The van der Waals surface area contributed by atoms with Gasteiger partial charge in [-0.2, -0.15) is 9.97 Å². The SMILES string of the molecule is COc1cc(N2CCCC(C(C)(C)C)CC2)nc(N)n1. The maximum atomic E-state index is 5.75. The topological polar surface area (TPSA) is 64.3 Å². The number of nitrogens with zero attached hydrogens (tertiary/aromatic N) is 3. The predicted octanol–water partition coefficient (Wildman–Crippen LogP) is 2.72. The van der Waals surface area contributed by atoms with E-state index in [1.807, 2.05) is 6.07 Å². The lowest BCUT2D eigenvalue weighted by Gasteiger charge is -2.29. The summed E-state index contributed by atoms with van der Waals surface area (Å²) in [4.78, 5) is 10.7. The van der Waals surface area contributed by atoms with Crippen molar-refractivity contribution in [3.8, 4) is 5.88 Å². The van der Waals surface area contributed by atoms with E-state index in [2.05, 4.69) is 35.6 Å². The Bertz CT molecular complexity index is 456. The molecule has 20 heavy (non-hydrogen) atoms. The largest absolute Gasteiger partial charge is 0.481 e. The molecular weight excluding hydrogens is 252 g/mol. The van der Waals surface area contributed by atoms with Crippen molar-refractivity contribution in [2.24, 2.45) is 11.3 Å². The zero-order valence-corrected chi connectivity index (χ0v) is 13.0. The van der Waals surface area contributed by atoms with Crippen LogP contribution in [0.15, 0.2) is 6.07 Å². The van der Waals surface area contributed by atoms with Crippen molar-refractivity contribution in [1.82, 2.24) is 9.97 Å². The third-order valence-corrected chi connectivity index (χ3v) is 4.19. The lowest BCUT2D eigenvalue weighted by atomic mass is 9.77. The minimum Gasteiger partial charge on any atom is -0.481 e. The number of methoxy groups -OCH3 is 1. The monoisotopic (exact) mass is 278 g/mol. The van der Waals surface area contributed by atoms with E-state index >= 15 is 0 Å². The molecule has 0 spiro atoms. The van der Waals surface area contributed by atoms with Crippen LogP contribution in [0.3, 0.4) is 0 Å². The second-order valence-corrected chi connectivity index (χ2v) is 6.61. The van der Waals surface area contributed by atoms with Gasteiger partial charge < -0.3 is 15.4 Å². The van der Waals surface area contributed by atoms with E-state index in [1.165, 1.54) is 19.3 Å². The third kappa shape index (κ3) is 3.52. The van der Waals surface area contributed by atoms with Crippen molar-refractivity contribution in [1.29, 1.82) is 0 Å². The van der Waals surface area contributed by atoms with Gasteiger partial charge >= 0.3 is 0 Å². The molecule has 5 nitrogen and oxygen atoms in total. The van der Waals surface area contributed by atoms with E-state index in [0.717, 1.165) is 24.8 Å². The summed E-state index contributed by atoms with van der Waals surface area (Å²) in [7, 11) is 1.60. The highest BCUT2D eigenvalue weighted by Crippen LogP contribution is 2.35. The molecule has 0 bridgehead atoms. The number of hydrogen-bond donors (Lipinski definition) is 1. The molecule has 2 heterocycles. The molecule has 0 saturated carbocycles. The first kappa shape index (κ1) is 14.9. The number of nitrogens with two attached hydrogens (primary N) is 1. The summed E-state index contributed by atoms with van der Waals surface area (Å²) in [5.74, 6) is 2.44. The van der Waals surface area contributed by atoms with Crippen LogP contribution in [0.2, 0.25) is 0 Å². The maximum absolute atomic E-state index is 5.75. The van der Waals surface area contributed by atoms with Crippen molar-refractivity contribution in [2.45, 2.75) is 40.0 Å². The molecule has 2 rings (SSSR count). The van der Waals surface area contributed by atoms with E-state index in [0.29, 0.717) is 11.3 Å². The van der Waals surface area contributed by atoms with Crippen LogP contribution in [0.5, 0.6) is 5.88 Å². The van der Waals surface area contributed by atoms with E-state index in [4.69, 9.17) is 10.5 Å². The minimum absolute atomic E-state index is 0.274. The highest BCUT2D eigenvalue weighted by molar-refractivity contribution is 5.45. The summed E-state index contributed by atoms with van der Waals surface area (Å²) in [5.41, 5.74) is 6.12. The summed E-state index contributed by atoms with van der Waals surface area (Å²) in [6.07, 6.45) is 3.65. The average molecular weight is 278 g/mol. The second-order valence-electron chi connectivity index (χ2n) is 6.61. The Morgan fingerprint density at radius 1 is 1.25 bits per heavy atom.